The van der Waals surface area contributed by atoms with E-state index < -0.39 is 0 Å². The molecule has 2 rings (SSSR count). The van der Waals surface area contributed by atoms with Crippen LogP contribution in [0.1, 0.15) is 37.0 Å². The molecule has 1 heterocycles. The molecule has 4 heteroatoms. The Morgan fingerprint density at radius 3 is 2.68 bits per heavy atom. The van der Waals surface area contributed by atoms with Crippen LogP contribution in [0.2, 0.25) is 0 Å². The van der Waals surface area contributed by atoms with Gasteiger partial charge in [0.1, 0.15) is 11.6 Å². The summed E-state index contributed by atoms with van der Waals surface area (Å²) in [5, 5.41) is 3.34. The van der Waals surface area contributed by atoms with Crippen molar-refractivity contribution in [1.82, 2.24) is 9.97 Å². The van der Waals surface area contributed by atoms with Gasteiger partial charge in [0.2, 0.25) is 0 Å². The minimum absolute atomic E-state index is 0.0164. The zero-order valence-electron chi connectivity index (χ0n) is 11.6. The Hall–Kier alpha value is -1.94. The first-order valence-corrected chi connectivity index (χ1v) is 6.56. The van der Waals surface area contributed by atoms with Crippen molar-refractivity contribution in [1.29, 1.82) is 0 Å². The maximum absolute atomic E-state index is 5.98. The van der Waals surface area contributed by atoms with E-state index in [1.165, 1.54) is 0 Å². The zero-order chi connectivity index (χ0) is 13.8. The Kier molecular flexibility index (Phi) is 4.12. The van der Waals surface area contributed by atoms with E-state index in [2.05, 4.69) is 22.2 Å². The summed E-state index contributed by atoms with van der Waals surface area (Å²) in [6.07, 6.45) is 0.896. The van der Waals surface area contributed by atoms with Gasteiger partial charge in [-0.3, -0.25) is 0 Å². The van der Waals surface area contributed by atoms with Crippen molar-refractivity contribution in [2.75, 3.05) is 5.32 Å². The number of aryl methyl sites for hydroxylation is 2. The van der Waals surface area contributed by atoms with Gasteiger partial charge in [0.05, 0.1) is 0 Å². The highest BCUT2D eigenvalue weighted by molar-refractivity contribution is 5.61. The Morgan fingerprint density at radius 1 is 1.26 bits per heavy atom. The smallest absolute Gasteiger partial charge is 0.134 e. The summed E-state index contributed by atoms with van der Waals surface area (Å²) in [6, 6.07) is 9.99. The first-order valence-electron chi connectivity index (χ1n) is 6.56. The molecule has 2 aromatic rings. The van der Waals surface area contributed by atoms with Gasteiger partial charge in [-0.25, -0.2) is 9.97 Å². The average molecular weight is 256 g/mol. The van der Waals surface area contributed by atoms with Crippen molar-refractivity contribution in [3.05, 3.63) is 47.4 Å². The number of benzene rings is 1. The van der Waals surface area contributed by atoms with Crippen LogP contribution in [0.15, 0.2) is 30.3 Å². The number of aromatic nitrogens is 2. The van der Waals surface area contributed by atoms with Crippen molar-refractivity contribution in [3.63, 3.8) is 0 Å². The summed E-state index contributed by atoms with van der Waals surface area (Å²) in [5.41, 5.74) is 9.10. The molecule has 1 unspecified atom stereocenters. The molecule has 0 aliphatic carbocycles. The van der Waals surface area contributed by atoms with Crippen LogP contribution < -0.4 is 11.1 Å². The SMILES string of the molecule is CCc1cc(Nc2ccccc2C(C)N)nc(C)n1. The van der Waals surface area contributed by atoms with Crippen molar-refractivity contribution in [2.45, 2.75) is 33.2 Å². The van der Waals surface area contributed by atoms with Crippen molar-refractivity contribution in [3.8, 4) is 0 Å². The number of nitrogens with one attached hydrogen (secondary N) is 1. The van der Waals surface area contributed by atoms with Crippen LogP contribution in [0.25, 0.3) is 0 Å². The minimum atomic E-state index is -0.0164. The lowest BCUT2D eigenvalue weighted by atomic mass is 10.1. The summed E-state index contributed by atoms with van der Waals surface area (Å²) in [4.78, 5) is 8.79. The lowest BCUT2D eigenvalue weighted by molar-refractivity contribution is 0.820. The first kappa shape index (κ1) is 13.5. The fraction of sp³-hybridized carbons (Fsp3) is 0.333. The molecule has 0 bridgehead atoms. The second kappa shape index (κ2) is 5.80. The number of nitrogens with two attached hydrogens (primary N) is 1. The molecule has 4 nitrogen and oxygen atoms in total. The standard InChI is InChI=1S/C15H20N4/c1-4-12-9-15(18-11(3)17-12)19-14-8-6-5-7-13(14)10(2)16/h5-10H,4,16H2,1-3H3,(H,17,18,19). The summed E-state index contributed by atoms with van der Waals surface area (Å²) in [7, 11) is 0. The van der Waals surface area contributed by atoms with Gasteiger partial charge in [-0.2, -0.15) is 0 Å². The molecule has 0 aliphatic rings. The maximum atomic E-state index is 5.98. The fourth-order valence-corrected chi connectivity index (χ4v) is 2.02. The minimum Gasteiger partial charge on any atom is -0.340 e. The van der Waals surface area contributed by atoms with Crippen molar-refractivity contribution >= 4 is 11.5 Å². The molecular weight excluding hydrogens is 236 g/mol. The molecule has 0 aliphatic heterocycles. The third-order valence-corrected chi connectivity index (χ3v) is 2.97. The largest absolute Gasteiger partial charge is 0.340 e. The molecule has 100 valence electrons. The molecular formula is C15H20N4. The molecule has 19 heavy (non-hydrogen) atoms. The van der Waals surface area contributed by atoms with Gasteiger partial charge in [0.15, 0.2) is 0 Å². The van der Waals surface area contributed by atoms with E-state index in [-0.39, 0.29) is 6.04 Å². The summed E-state index contributed by atoms with van der Waals surface area (Å²) in [6.45, 7) is 5.96. The molecule has 3 N–H and O–H groups in total. The monoisotopic (exact) mass is 256 g/mol. The zero-order valence-corrected chi connectivity index (χ0v) is 11.6. The fourth-order valence-electron chi connectivity index (χ4n) is 2.02. The number of rotatable bonds is 4. The van der Waals surface area contributed by atoms with Crippen LogP contribution in [-0.2, 0) is 6.42 Å². The van der Waals surface area contributed by atoms with Gasteiger partial charge >= 0.3 is 0 Å². The third kappa shape index (κ3) is 3.29. The van der Waals surface area contributed by atoms with Gasteiger partial charge < -0.3 is 11.1 Å². The summed E-state index contributed by atoms with van der Waals surface area (Å²) in [5.74, 6) is 1.59. The highest BCUT2D eigenvalue weighted by Crippen LogP contribution is 2.24. The summed E-state index contributed by atoms with van der Waals surface area (Å²) >= 11 is 0. The predicted octanol–water partition coefficient (Wildman–Crippen LogP) is 3.11. The molecule has 0 radical (unpaired) electrons. The molecule has 0 amide bonds. The Balaban J connectivity index is 2.33. The van der Waals surface area contributed by atoms with Crippen LogP contribution in [0.3, 0.4) is 0 Å². The molecule has 0 saturated carbocycles. The average Bonchev–Trinajstić information content (AvgIpc) is 2.38. The topological polar surface area (TPSA) is 63.8 Å². The van der Waals surface area contributed by atoms with E-state index in [1.54, 1.807) is 0 Å². The molecule has 1 atom stereocenters. The van der Waals surface area contributed by atoms with E-state index in [0.717, 1.165) is 35.0 Å². The van der Waals surface area contributed by atoms with Crippen LogP contribution in [0.4, 0.5) is 11.5 Å². The highest BCUT2D eigenvalue weighted by atomic mass is 15.0. The number of hydrogen-bond acceptors (Lipinski definition) is 4. The number of para-hydroxylation sites is 1. The van der Waals surface area contributed by atoms with Crippen LogP contribution in [0.5, 0.6) is 0 Å². The van der Waals surface area contributed by atoms with Gasteiger partial charge in [0, 0.05) is 23.5 Å². The maximum Gasteiger partial charge on any atom is 0.134 e. The number of hydrogen-bond donors (Lipinski definition) is 2. The molecule has 1 aromatic heterocycles. The second-order valence-corrected chi connectivity index (χ2v) is 4.65. The molecule has 0 fully saturated rings. The normalized spacial score (nSPS) is 12.2. The van der Waals surface area contributed by atoms with Crippen molar-refractivity contribution in [2.24, 2.45) is 5.73 Å². The quantitative estimate of drug-likeness (QED) is 0.882. The van der Waals surface area contributed by atoms with Gasteiger partial charge in [-0.15, -0.1) is 0 Å². The predicted molar refractivity (Wildman–Crippen MR) is 78.5 cm³/mol. The van der Waals surface area contributed by atoms with E-state index in [0.29, 0.717) is 0 Å². The van der Waals surface area contributed by atoms with Crippen LogP contribution >= 0.6 is 0 Å². The van der Waals surface area contributed by atoms with E-state index in [1.807, 2.05) is 44.2 Å². The molecule has 0 spiro atoms. The first-order chi connectivity index (χ1) is 9.10. The molecule has 1 aromatic carbocycles. The van der Waals surface area contributed by atoms with E-state index in [9.17, 15) is 0 Å². The number of nitrogens with zero attached hydrogens (tertiary/aromatic N) is 2. The highest BCUT2D eigenvalue weighted by Gasteiger charge is 2.07. The lowest BCUT2D eigenvalue weighted by Gasteiger charge is -2.14. The van der Waals surface area contributed by atoms with Crippen LogP contribution in [-0.4, -0.2) is 9.97 Å². The van der Waals surface area contributed by atoms with Gasteiger partial charge in [-0.1, -0.05) is 25.1 Å². The van der Waals surface area contributed by atoms with E-state index >= 15 is 0 Å². The van der Waals surface area contributed by atoms with E-state index in [4.69, 9.17) is 5.73 Å². The lowest BCUT2D eigenvalue weighted by Crippen LogP contribution is -2.09. The third-order valence-electron chi connectivity index (χ3n) is 2.97. The van der Waals surface area contributed by atoms with Gasteiger partial charge in [0.25, 0.3) is 0 Å². The number of anilines is 2. The van der Waals surface area contributed by atoms with Gasteiger partial charge in [-0.05, 0) is 31.9 Å². The van der Waals surface area contributed by atoms with Crippen molar-refractivity contribution < 1.29 is 0 Å². The Labute approximate surface area is 114 Å². The molecule has 0 saturated heterocycles. The Bertz CT molecular complexity index is 564. The summed E-state index contributed by atoms with van der Waals surface area (Å²) < 4.78 is 0. The second-order valence-electron chi connectivity index (χ2n) is 4.65. The van der Waals surface area contributed by atoms with Crippen LogP contribution in [0, 0.1) is 6.92 Å². The Morgan fingerprint density at radius 2 is 2.00 bits per heavy atom.